The molecular weight excluding hydrogens is 280 g/mol. The highest BCUT2D eigenvalue weighted by atomic mass is 16.5. The summed E-state index contributed by atoms with van der Waals surface area (Å²) in [7, 11) is 3.41. The molecule has 1 aromatic heterocycles. The number of aromatic nitrogens is 1. The van der Waals surface area contributed by atoms with E-state index in [0.717, 1.165) is 11.3 Å². The number of amides is 1. The molecule has 0 saturated carbocycles. The van der Waals surface area contributed by atoms with Crippen LogP contribution in [0.3, 0.4) is 0 Å². The number of rotatable bonds is 7. The van der Waals surface area contributed by atoms with E-state index in [9.17, 15) is 9.90 Å². The van der Waals surface area contributed by atoms with Gasteiger partial charge in [0, 0.05) is 26.4 Å². The average molecular weight is 302 g/mol. The second kappa shape index (κ2) is 7.77. The zero-order valence-corrected chi connectivity index (χ0v) is 13.0. The molecule has 118 valence electrons. The van der Waals surface area contributed by atoms with E-state index >= 15 is 0 Å². The van der Waals surface area contributed by atoms with Gasteiger partial charge in [-0.1, -0.05) is 30.3 Å². The van der Waals surface area contributed by atoms with Crippen LogP contribution in [0, 0.1) is 0 Å². The fraction of sp³-hybridized carbons (Fsp3) is 0.353. The maximum absolute atomic E-state index is 12.2. The molecule has 5 heteroatoms. The largest absolute Gasteiger partial charge is 0.391 e. The van der Waals surface area contributed by atoms with Crippen molar-refractivity contribution < 1.29 is 14.6 Å². The van der Waals surface area contributed by atoms with Crippen LogP contribution < -0.4 is 5.32 Å². The topological polar surface area (TPSA) is 63.5 Å². The normalized spacial score (nSPS) is 12.1. The number of nitrogens with one attached hydrogen (secondary N) is 1. The number of hydrogen-bond donors (Lipinski definition) is 2. The van der Waals surface area contributed by atoms with Gasteiger partial charge in [-0.25, -0.2) is 0 Å². The lowest BCUT2D eigenvalue weighted by Gasteiger charge is -2.11. The number of carbonyl (C=O) groups excluding carboxylic acids is 1. The molecule has 0 spiro atoms. The third kappa shape index (κ3) is 3.96. The SMILES string of the molecule is COCC(O)CCNC(=O)c1ccc(-c2ccccc2)n1C. The van der Waals surface area contributed by atoms with Crippen molar-refractivity contribution in [2.45, 2.75) is 12.5 Å². The van der Waals surface area contributed by atoms with E-state index in [4.69, 9.17) is 4.74 Å². The Morgan fingerprint density at radius 1 is 1.27 bits per heavy atom. The molecule has 22 heavy (non-hydrogen) atoms. The number of aliphatic hydroxyl groups is 1. The predicted octanol–water partition coefficient (Wildman–Crippen LogP) is 1.82. The van der Waals surface area contributed by atoms with Crippen LogP contribution in [-0.4, -0.2) is 41.9 Å². The maximum Gasteiger partial charge on any atom is 0.267 e. The minimum atomic E-state index is -0.557. The van der Waals surface area contributed by atoms with Crippen LogP contribution in [0.15, 0.2) is 42.5 Å². The second-order valence-electron chi connectivity index (χ2n) is 5.18. The van der Waals surface area contributed by atoms with Crippen molar-refractivity contribution in [2.75, 3.05) is 20.3 Å². The molecule has 2 aromatic rings. The molecule has 0 aliphatic heterocycles. The van der Waals surface area contributed by atoms with E-state index in [0.29, 0.717) is 18.7 Å². The van der Waals surface area contributed by atoms with E-state index in [1.165, 1.54) is 7.11 Å². The number of hydrogen-bond acceptors (Lipinski definition) is 3. The molecule has 0 fully saturated rings. The summed E-state index contributed by atoms with van der Waals surface area (Å²) in [6.07, 6.45) is -0.0891. The first-order valence-corrected chi connectivity index (χ1v) is 7.30. The Labute approximate surface area is 130 Å². The minimum absolute atomic E-state index is 0.144. The molecule has 0 aliphatic carbocycles. The summed E-state index contributed by atoms with van der Waals surface area (Å²) in [5, 5.41) is 12.4. The van der Waals surface area contributed by atoms with Crippen LogP contribution in [0.2, 0.25) is 0 Å². The van der Waals surface area contributed by atoms with Crippen molar-refractivity contribution in [2.24, 2.45) is 7.05 Å². The first-order chi connectivity index (χ1) is 10.6. The second-order valence-corrected chi connectivity index (χ2v) is 5.18. The van der Waals surface area contributed by atoms with Gasteiger partial charge >= 0.3 is 0 Å². The van der Waals surface area contributed by atoms with Crippen molar-refractivity contribution in [3.05, 3.63) is 48.2 Å². The van der Waals surface area contributed by atoms with Gasteiger partial charge in [-0.05, 0) is 24.1 Å². The highest BCUT2D eigenvalue weighted by Gasteiger charge is 2.13. The van der Waals surface area contributed by atoms with E-state index in [2.05, 4.69) is 5.32 Å². The Bertz CT molecular complexity index is 608. The number of carbonyl (C=O) groups is 1. The molecule has 2 rings (SSSR count). The fourth-order valence-electron chi connectivity index (χ4n) is 2.36. The Morgan fingerprint density at radius 3 is 2.68 bits per heavy atom. The Balaban J connectivity index is 1.98. The highest BCUT2D eigenvalue weighted by molar-refractivity contribution is 5.93. The first-order valence-electron chi connectivity index (χ1n) is 7.30. The molecule has 0 saturated heterocycles. The van der Waals surface area contributed by atoms with E-state index in [1.807, 2.05) is 54.1 Å². The molecular formula is C17H22N2O3. The molecule has 1 atom stereocenters. The van der Waals surface area contributed by atoms with Crippen LogP contribution in [0.5, 0.6) is 0 Å². The summed E-state index contributed by atoms with van der Waals surface area (Å²) in [5.74, 6) is -0.144. The Kier molecular flexibility index (Phi) is 5.75. The van der Waals surface area contributed by atoms with Gasteiger partial charge in [0.15, 0.2) is 0 Å². The van der Waals surface area contributed by atoms with Crippen molar-refractivity contribution in [1.29, 1.82) is 0 Å². The molecule has 5 nitrogen and oxygen atoms in total. The summed E-state index contributed by atoms with van der Waals surface area (Å²) in [5.41, 5.74) is 2.66. The van der Waals surface area contributed by atoms with Gasteiger partial charge in [-0.2, -0.15) is 0 Å². The fourth-order valence-corrected chi connectivity index (χ4v) is 2.36. The van der Waals surface area contributed by atoms with Gasteiger partial charge in [0.2, 0.25) is 0 Å². The number of ether oxygens (including phenoxy) is 1. The van der Waals surface area contributed by atoms with Crippen molar-refractivity contribution in [3.63, 3.8) is 0 Å². The van der Waals surface area contributed by atoms with Gasteiger partial charge in [-0.3, -0.25) is 4.79 Å². The third-order valence-electron chi connectivity index (χ3n) is 3.55. The van der Waals surface area contributed by atoms with E-state index < -0.39 is 6.10 Å². The molecule has 0 aliphatic rings. The van der Waals surface area contributed by atoms with Crippen LogP contribution >= 0.6 is 0 Å². The lowest BCUT2D eigenvalue weighted by molar-refractivity contribution is 0.0587. The van der Waals surface area contributed by atoms with E-state index in [1.54, 1.807) is 0 Å². The van der Waals surface area contributed by atoms with Gasteiger partial charge in [0.25, 0.3) is 5.91 Å². The lowest BCUT2D eigenvalue weighted by atomic mass is 10.2. The van der Waals surface area contributed by atoms with Crippen LogP contribution in [0.25, 0.3) is 11.3 Å². The van der Waals surface area contributed by atoms with Crippen LogP contribution in [0.4, 0.5) is 0 Å². The molecule has 1 unspecified atom stereocenters. The number of aliphatic hydroxyl groups excluding tert-OH is 1. The third-order valence-corrected chi connectivity index (χ3v) is 3.55. The summed E-state index contributed by atoms with van der Waals surface area (Å²) >= 11 is 0. The monoisotopic (exact) mass is 302 g/mol. The van der Waals surface area contributed by atoms with Gasteiger partial charge < -0.3 is 19.7 Å². The maximum atomic E-state index is 12.2. The standard InChI is InChI=1S/C17H22N2O3/c1-19-15(13-6-4-3-5-7-13)8-9-16(19)17(21)18-11-10-14(20)12-22-2/h3-9,14,20H,10-12H2,1-2H3,(H,18,21). The Hall–Kier alpha value is -2.11. The summed E-state index contributed by atoms with van der Waals surface area (Å²) < 4.78 is 6.72. The van der Waals surface area contributed by atoms with Crippen molar-refractivity contribution >= 4 is 5.91 Å². The summed E-state index contributed by atoms with van der Waals surface area (Å²) in [6, 6.07) is 13.7. The van der Waals surface area contributed by atoms with Crippen molar-refractivity contribution in [3.8, 4) is 11.3 Å². The van der Waals surface area contributed by atoms with Crippen molar-refractivity contribution in [1.82, 2.24) is 9.88 Å². The average Bonchev–Trinajstić information content (AvgIpc) is 2.90. The zero-order chi connectivity index (χ0) is 15.9. The molecule has 2 N–H and O–H groups in total. The number of benzene rings is 1. The molecule has 1 aromatic carbocycles. The molecule has 0 bridgehead atoms. The lowest BCUT2D eigenvalue weighted by Crippen LogP contribution is -2.29. The summed E-state index contributed by atoms with van der Waals surface area (Å²) in [6.45, 7) is 0.688. The first kappa shape index (κ1) is 16.3. The molecule has 1 heterocycles. The zero-order valence-electron chi connectivity index (χ0n) is 13.0. The van der Waals surface area contributed by atoms with Gasteiger partial charge in [0.05, 0.1) is 12.7 Å². The number of nitrogens with zero attached hydrogens (tertiary/aromatic N) is 1. The number of methoxy groups -OCH3 is 1. The molecule has 0 radical (unpaired) electrons. The quantitative estimate of drug-likeness (QED) is 0.820. The van der Waals surface area contributed by atoms with Crippen LogP contribution in [-0.2, 0) is 11.8 Å². The highest BCUT2D eigenvalue weighted by Crippen LogP contribution is 2.21. The van der Waals surface area contributed by atoms with Gasteiger partial charge in [-0.15, -0.1) is 0 Å². The van der Waals surface area contributed by atoms with Crippen LogP contribution in [0.1, 0.15) is 16.9 Å². The van der Waals surface area contributed by atoms with E-state index in [-0.39, 0.29) is 12.5 Å². The Morgan fingerprint density at radius 2 is 2.00 bits per heavy atom. The van der Waals surface area contributed by atoms with Gasteiger partial charge in [0.1, 0.15) is 5.69 Å². The summed E-state index contributed by atoms with van der Waals surface area (Å²) in [4.78, 5) is 12.2. The minimum Gasteiger partial charge on any atom is -0.391 e. The smallest absolute Gasteiger partial charge is 0.267 e. The molecule has 1 amide bonds. The predicted molar refractivity (Wildman–Crippen MR) is 85.7 cm³/mol.